The van der Waals surface area contributed by atoms with Crippen molar-refractivity contribution in [1.29, 1.82) is 0 Å². The van der Waals surface area contributed by atoms with Gasteiger partial charge in [-0.2, -0.15) is 0 Å². The van der Waals surface area contributed by atoms with E-state index in [1.807, 2.05) is 0 Å². The van der Waals surface area contributed by atoms with Crippen LogP contribution in [0.3, 0.4) is 0 Å². The zero-order valence-corrected chi connectivity index (χ0v) is 26.6. The molecule has 1 heterocycles. The topological polar surface area (TPSA) is 171 Å². The molecule has 5 aliphatic carbocycles. The van der Waals surface area contributed by atoms with E-state index in [-0.39, 0.29) is 31.6 Å². The van der Waals surface area contributed by atoms with Crippen molar-refractivity contribution in [3.63, 3.8) is 0 Å². The van der Waals surface area contributed by atoms with Crippen LogP contribution in [0.4, 0.5) is 0 Å². The molecule has 1 amide bonds. The van der Waals surface area contributed by atoms with Crippen LogP contribution in [0.2, 0.25) is 0 Å². The predicted octanol–water partition coefficient (Wildman–Crippen LogP) is -0.215. The molecular weight excluding hydrogens is 602 g/mol. The van der Waals surface area contributed by atoms with Gasteiger partial charge in [-0.1, -0.05) is 18.2 Å². The standard InChI is InChI=1S/C33H43NO12/c1-16(36)46-33-21-18(12-31(40,28(44-5)26(33)38)27(21)45-29(39)17-9-7-6-8-10-17)32-20(42-3)11-19(37)30(14-41-2)13-34(15-35)25(32)22(33)23(43-4)24(30)32/h6-10,15,18-28,37-38,40H,11-14H2,1-5H3/t18-,19+,20-,21-,22-,23+,24-,25+,26+,27+,28-,30-,31+,32+,33+/m1/s1. The van der Waals surface area contributed by atoms with Crippen molar-refractivity contribution in [3.8, 4) is 0 Å². The molecule has 0 radical (unpaired) electrons. The minimum absolute atomic E-state index is 0.0369. The Morgan fingerprint density at radius 3 is 2.33 bits per heavy atom. The van der Waals surface area contributed by atoms with Gasteiger partial charge in [0.25, 0.3) is 0 Å². The Bertz CT molecular complexity index is 1400. The van der Waals surface area contributed by atoms with Crippen molar-refractivity contribution in [2.75, 3.05) is 41.6 Å². The van der Waals surface area contributed by atoms with E-state index >= 15 is 0 Å². The number of aliphatic hydroxyl groups is 3. The highest BCUT2D eigenvalue weighted by Crippen LogP contribution is 2.80. The molecule has 7 bridgehead atoms. The number of benzene rings is 1. The summed E-state index contributed by atoms with van der Waals surface area (Å²) >= 11 is 0. The molecule has 0 unspecified atom stereocenters. The quantitative estimate of drug-likeness (QED) is 0.239. The van der Waals surface area contributed by atoms with E-state index in [1.54, 1.807) is 42.3 Å². The molecular formula is C33H43NO12. The maximum absolute atomic E-state index is 13.7. The molecule has 3 N–H and O–H groups in total. The minimum atomic E-state index is -1.92. The summed E-state index contributed by atoms with van der Waals surface area (Å²) in [5, 5.41) is 37.0. The lowest BCUT2D eigenvalue weighted by atomic mass is 9.42. The molecule has 6 fully saturated rings. The normalized spacial score (nSPS) is 49.4. The molecule has 252 valence electrons. The van der Waals surface area contributed by atoms with Crippen molar-refractivity contribution in [3.05, 3.63) is 35.9 Å². The van der Waals surface area contributed by atoms with Crippen LogP contribution in [0.25, 0.3) is 0 Å². The molecule has 15 atom stereocenters. The highest BCUT2D eigenvalue weighted by molar-refractivity contribution is 5.89. The van der Waals surface area contributed by atoms with Gasteiger partial charge in [0, 0.05) is 83.0 Å². The number of carbonyl (C=O) groups excluding carboxylic acids is 3. The van der Waals surface area contributed by atoms with Crippen molar-refractivity contribution in [2.24, 2.45) is 34.5 Å². The lowest BCUT2D eigenvalue weighted by Crippen LogP contribution is -2.81. The average molecular weight is 646 g/mol. The van der Waals surface area contributed by atoms with Gasteiger partial charge < -0.3 is 48.6 Å². The van der Waals surface area contributed by atoms with Gasteiger partial charge in [0.2, 0.25) is 6.41 Å². The Kier molecular flexibility index (Phi) is 7.41. The second-order valence-corrected chi connectivity index (χ2v) is 14.1. The monoisotopic (exact) mass is 645 g/mol. The van der Waals surface area contributed by atoms with E-state index in [2.05, 4.69) is 0 Å². The van der Waals surface area contributed by atoms with Crippen LogP contribution < -0.4 is 0 Å². The SMILES string of the molecule is COC[C@@]12CN(C=O)[C@H]3[C@H]4[C@H](OC)[C@H]1[C@]3([C@@H]1C[C@@]3(O)[C@H](OC)[C@H](O)[C@]4(OC(C)=O)[C@H]1[C@@H]3OC(=O)c1ccccc1)[C@H](OC)C[C@@H]2O. The largest absolute Gasteiger partial charge is 0.455 e. The van der Waals surface area contributed by atoms with E-state index in [0.717, 1.165) is 6.41 Å². The zero-order chi connectivity index (χ0) is 33.0. The van der Waals surface area contributed by atoms with E-state index < -0.39 is 100 Å². The van der Waals surface area contributed by atoms with Crippen LogP contribution >= 0.6 is 0 Å². The Balaban J connectivity index is 1.53. The van der Waals surface area contributed by atoms with Gasteiger partial charge >= 0.3 is 11.9 Å². The maximum atomic E-state index is 13.7. The van der Waals surface area contributed by atoms with Gasteiger partial charge in [-0.15, -0.1) is 0 Å². The van der Waals surface area contributed by atoms with Crippen LogP contribution in [0.15, 0.2) is 30.3 Å². The number of hydrogen-bond acceptors (Lipinski definition) is 12. The third kappa shape index (κ3) is 3.52. The van der Waals surface area contributed by atoms with Crippen LogP contribution in [0.1, 0.15) is 30.1 Å². The molecule has 1 aromatic carbocycles. The molecule has 0 aromatic heterocycles. The van der Waals surface area contributed by atoms with E-state index in [1.165, 1.54) is 28.3 Å². The lowest BCUT2D eigenvalue weighted by Gasteiger charge is -2.69. The summed E-state index contributed by atoms with van der Waals surface area (Å²) in [5.74, 6) is -4.46. The van der Waals surface area contributed by atoms with Crippen LogP contribution in [-0.2, 0) is 38.0 Å². The number of rotatable bonds is 9. The molecule has 1 spiro atoms. The van der Waals surface area contributed by atoms with Crippen molar-refractivity contribution in [1.82, 2.24) is 4.90 Å². The van der Waals surface area contributed by atoms with Gasteiger partial charge in [0.1, 0.15) is 23.9 Å². The third-order valence-electron chi connectivity index (χ3n) is 12.8. The average Bonchev–Trinajstić information content (AvgIpc) is 3.41. The molecule has 1 saturated heterocycles. The molecule has 6 aliphatic rings. The second-order valence-electron chi connectivity index (χ2n) is 14.1. The van der Waals surface area contributed by atoms with Crippen molar-refractivity contribution < 1.29 is 58.1 Å². The molecule has 13 nitrogen and oxygen atoms in total. The summed E-state index contributed by atoms with van der Waals surface area (Å²) in [6.07, 6.45) is -5.77. The van der Waals surface area contributed by atoms with E-state index in [4.69, 9.17) is 28.4 Å². The Hall–Kier alpha value is -2.65. The highest BCUT2D eigenvalue weighted by Gasteiger charge is 2.92. The summed E-state index contributed by atoms with van der Waals surface area (Å²) < 4.78 is 36.8. The van der Waals surface area contributed by atoms with Crippen LogP contribution in [-0.4, -0.2) is 134 Å². The maximum Gasteiger partial charge on any atom is 0.338 e. The van der Waals surface area contributed by atoms with E-state index in [9.17, 15) is 29.7 Å². The second kappa shape index (κ2) is 10.7. The van der Waals surface area contributed by atoms with Crippen LogP contribution in [0, 0.1) is 34.5 Å². The molecule has 46 heavy (non-hydrogen) atoms. The summed E-state index contributed by atoms with van der Waals surface area (Å²) in [5.41, 5.74) is -5.54. The van der Waals surface area contributed by atoms with Gasteiger partial charge in [0.15, 0.2) is 5.60 Å². The first kappa shape index (κ1) is 31.9. The first-order chi connectivity index (χ1) is 22.0. The third-order valence-corrected chi connectivity index (χ3v) is 12.8. The summed E-state index contributed by atoms with van der Waals surface area (Å²) in [6, 6.07) is 7.64. The first-order valence-electron chi connectivity index (χ1n) is 15.8. The van der Waals surface area contributed by atoms with Gasteiger partial charge in [0.05, 0.1) is 30.5 Å². The molecule has 1 aromatic rings. The Morgan fingerprint density at radius 1 is 1.02 bits per heavy atom. The number of amides is 1. The molecule has 1 aliphatic heterocycles. The highest BCUT2D eigenvalue weighted by atomic mass is 16.6. The van der Waals surface area contributed by atoms with E-state index in [0.29, 0.717) is 0 Å². The van der Waals surface area contributed by atoms with Crippen molar-refractivity contribution >= 4 is 18.3 Å². The number of esters is 2. The van der Waals surface area contributed by atoms with Gasteiger partial charge in [-0.3, -0.25) is 9.59 Å². The number of ether oxygens (including phenoxy) is 6. The molecule has 13 heteroatoms. The zero-order valence-electron chi connectivity index (χ0n) is 26.6. The van der Waals surface area contributed by atoms with Crippen molar-refractivity contribution in [2.45, 2.75) is 73.6 Å². The lowest BCUT2D eigenvalue weighted by molar-refractivity contribution is -0.319. The number of nitrogens with zero attached hydrogens (tertiary/aromatic N) is 1. The minimum Gasteiger partial charge on any atom is -0.455 e. The van der Waals surface area contributed by atoms with Crippen LogP contribution in [0.5, 0.6) is 0 Å². The fourth-order valence-corrected chi connectivity index (χ4v) is 12.0. The number of piperidine rings is 1. The molecule has 5 saturated carbocycles. The fraction of sp³-hybridized carbons (Fsp3) is 0.727. The number of aliphatic hydroxyl groups excluding tert-OH is 2. The number of hydrogen-bond donors (Lipinski definition) is 3. The fourth-order valence-electron chi connectivity index (χ4n) is 12.0. The number of carbonyl (C=O) groups is 3. The molecule has 7 rings (SSSR count). The van der Waals surface area contributed by atoms with Gasteiger partial charge in [-0.25, -0.2) is 4.79 Å². The number of methoxy groups -OCH3 is 4. The smallest absolute Gasteiger partial charge is 0.338 e. The Morgan fingerprint density at radius 2 is 1.74 bits per heavy atom. The first-order valence-corrected chi connectivity index (χ1v) is 15.8. The summed E-state index contributed by atoms with van der Waals surface area (Å²) in [4.78, 5) is 41.6. The summed E-state index contributed by atoms with van der Waals surface area (Å²) in [7, 11) is 5.95. The predicted molar refractivity (Wildman–Crippen MR) is 156 cm³/mol. The Labute approximate surface area is 267 Å². The summed E-state index contributed by atoms with van der Waals surface area (Å²) in [6.45, 7) is 1.44. The van der Waals surface area contributed by atoms with Gasteiger partial charge in [-0.05, 0) is 24.5 Å². The number of likely N-dealkylation sites (tertiary alicyclic amines) is 1. The number of fused-ring (bicyclic) bond motifs is 2.